The largest absolute Gasteiger partial charge is 0.492 e. The van der Waals surface area contributed by atoms with Crippen LogP contribution in [0.5, 0.6) is 5.75 Å². The van der Waals surface area contributed by atoms with Gasteiger partial charge in [0.15, 0.2) is 5.65 Å². The number of nitrogens with two attached hydrogens (primary N) is 1. The zero-order chi connectivity index (χ0) is 22.8. The summed E-state index contributed by atoms with van der Waals surface area (Å²) in [7, 11) is 1.74. The van der Waals surface area contributed by atoms with Crippen molar-refractivity contribution >= 4 is 40.1 Å². The number of nitrogens with zero attached hydrogens (tertiary/aromatic N) is 4. The first-order valence-corrected chi connectivity index (χ1v) is 11.6. The smallest absolute Gasteiger partial charge is 0.330 e. The van der Waals surface area contributed by atoms with Crippen molar-refractivity contribution in [3.63, 3.8) is 0 Å². The van der Waals surface area contributed by atoms with Crippen LogP contribution in [0.4, 0.5) is 5.69 Å². The molecule has 1 saturated carbocycles. The Balaban J connectivity index is 1.26. The summed E-state index contributed by atoms with van der Waals surface area (Å²) in [6.45, 7) is 3.34. The quantitative estimate of drug-likeness (QED) is 0.303. The normalized spacial score (nSPS) is 18.9. The molecule has 0 amide bonds. The van der Waals surface area contributed by atoms with E-state index in [1.54, 1.807) is 28.4 Å². The Hall–Kier alpha value is -2.29. The second kappa shape index (κ2) is 9.68. The van der Waals surface area contributed by atoms with E-state index >= 15 is 0 Å². The number of nitrogens with one attached hydrogen (secondary N) is 1. The number of ether oxygens (including phenoxy) is 1. The molecule has 1 aliphatic rings. The number of anilines is 1. The SMILES string of the molecule is Cc1cc(Cl)c(OCCCNC2CCC(n3c(=O)n(C)c4cnc(Cl)nc43)CC2)cc1N. The molecule has 3 aromatic rings. The highest BCUT2D eigenvalue weighted by molar-refractivity contribution is 6.32. The maximum absolute atomic E-state index is 12.8. The van der Waals surface area contributed by atoms with E-state index in [1.807, 2.05) is 13.0 Å². The zero-order valence-electron chi connectivity index (χ0n) is 18.3. The first kappa shape index (κ1) is 22.9. The third kappa shape index (κ3) is 4.72. The van der Waals surface area contributed by atoms with Crippen LogP contribution in [0, 0.1) is 6.92 Å². The van der Waals surface area contributed by atoms with Crippen molar-refractivity contribution in [3.8, 4) is 5.75 Å². The van der Waals surface area contributed by atoms with Crippen molar-refractivity contribution in [2.24, 2.45) is 7.05 Å². The minimum atomic E-state index is -0.0690. The summed E-state index contributed by atoms with van der Waals surface area (Å²) in [6, 6.07) is 4.14. The van der Waals surface area contributed by atoms with E-state index in [-0.39, 0.29) is 17.0 Å². The van der Waals surface area contributed by atoms with Gasteiger partial charge in [0, 0.05) is 30.9 Å². The average molecular weight is 479 g/mol. The summed E-state index contributed by atoms with van der Waals surface area (Å²) >= 11 is 12.2. The maximum atomic E-state index is 12.8. The molecule has 10 heteroatoms. The van der Waals surface area contributed by atoms with Gasteiger partial charge in [0.25, 0.3) is 0 Å². The summed E-state index contributed by atoms with van der Waals surface area (Å²) in [5.74, 6) is 0.625. The second-order valence-electron chi connectivity index (χ2n) is 8.36. The van der Waals surface area contributed by atoms with Crippen molar-refractivity contribution < 1.29 is 4.74 Å². The molecule has 3 N–H and O–H groups in total. The Labute approximate surface area is 196 Å². The van der Waals surface area contributed by atoms with Crippen LogP contribution in [-0.2, 0) is 7.05 Å². The molecule has 2 aromatic heterocycles. The second-order valence-corrected chi connectivity index (χ2v) is 9.11. The molecule has 8 nitrogen and oxygen atoms in total. The van der Waals surface area contributed by atoms with Crippen LogP contribution in [0.15, 0.2) is 23.1 Å². The fourth-order valence-electron chi connectivity index (χ4n) is 4.32. The monoisotopic (exact) mass is 478 g/mol. The van der Waals surface area contributed by atoms with Crippen molar-refractivity contribution in [1.29, 1.82) is 0 Å². The number of rotatable bonds is 7. The van der Waals surface area contributed by atoms with Gasteiger partial charge in [-0.1, -0.05) is 11.6 Å². The highest BCUT2D eigenvalue weighted by Crippen LogP contribution is 2.31. The van der Waals surface area contributed by atoms with E-state index in [9.17, 15) is 4.79 Å². The third-order valence-corrected chi connectivity index (χ3v) is 6.67. The van der Waals surface area contributed by atoms with Crippen LogP contribution in [-0.4, -0.2) is 38.3 Å². The molecule has 0 radical (unpaired) electrons. The van der Waals surface area contributed by atoms with Gasteiger partial charge in [0.1, 0.15) is 11.3 Å². The van der Waals surface area contributed by atoms with Crippen LogP contribution in [0.1, 0.15) is 43.7 Å². The fraction of sp³-hybridized carbons (Fsp3) is 0.500. The maximum Gasteiger partial charge on any atom is 0.330 e. The minimum absolute atomic E-state index is 0.0690. The number of nitrogen functional groups attached to an aromatic ring is 1. The molecule has 0 aliphatic heterocycles. The number of imidazole rings is 1. The Kier molecular flexibility index (Phi) is 6.93. The summed E-state index contributed by atoms with van der Waals surface area (Å²) in [4.78, 5) is 21.1. The molecule has 2 heterocycles. The Morgan fingerprint density at radius 2 is 2.00 bits per heavy atom. The number of hydrogen-bond donors (Lipinski definition) is 2. The van der Waals surface area contributed by atoms with Crippen LogP contribution in [0.2, 0.25) is 10.3 Å². The van der Waals surface area contributed by atoms with Gasteiger partial charge in [0.05, 0.1) is 17.8 Å². The molecule has 4 rings (SSSR count). The molecule has 1 aliphatic carbocycles. The number of fused-ring (bicyclic) bond motifs is 1. The van der Waals surface area contributed by atoms with Gasteiger partial charge in [-0.25, -0.2) is 9.78 Å². The predicted molar refractivity (Wildman–Crippen MR) is 128 cm³/mol. The molecule has 1 aromatic carbocycles. The van der Waals surface area contributed by atoms with E-state index < -0.39 is 0 Å². The lowest BCUT2D eigenvalue weighted by Crippen LogP contribution is -2.36. The Bertz CT molecular complexity index is 1170. The van der Waals surface area contributed by atoms with E-state index in [4.69, 9.17) is 33.7 Å². The van der Waals surface area contributed by atoms with E-state index in [0.29, 0.717) is 40.3 Å². The molecule has 0 spiro atoms. The zero-order valence-corrected chi connectivity index (χ0v) is 19.8. The molecule has 0 unspecified atom stereocenters. The van der Waals surface area contributed by atoms with Gasteiger partial charge < -0.3 is 15.8 Å². The lowest BCUT2D eigenvalue weighted by Gasteiger charge is -2.29. The lowest BCUT2D eigenvalue weighted by molar-refractivity contribution is 0.273. The molecule has 0 atom stereocenters. The third-order valence-electron chi connectivity index (χ3n) is 6.20. The summed E-state index contributed by atoms with van der Waals surface area (Å²) in [5.41, 5.74) is 8.80. The topological polar surface area (TPSA) is 100.0 Å². The summed E-state index contributed by atoms with van der Waals surface area (Å²) < 4.78 is 9.16. The van der Waals surface area contributed by atoms with Crippen molar-refractivity contribution in [2.45, 2.75) is 51.1 Å². The van der Waals surface area contributed by atoms with Gasteiger partial charge >= 0.3 is 5.69 Å². The van der Waals surface area contributed by atoms with Crippen LogP contribution < -0.4 is 21.5 Å². The standard InChI is InChI=1S/C22H28Cl2N6O2/c1-13-10-16(23)19(11-17(13)25)32-9-3-8-26-14-4-6-15(7-5-14)30-20-18(29(2)22(30)31)12-27-21(24)28-20/h10-12,14-15,26H,3-9,25H2,1-2H3. The number of aromatic nitrogens is 4. The van der Waals surface area contributed by atoms with Gasteiger partial charge in [-0.2, -0.15) is 4.98 Å². The van der Waals surface area contributed by atoms with Crippen molar-refractivity contribution in [1.82, 2.24) is 24.4 Å². The van der Waals surface area contributed by atoms with Gasteiger partial charge in [-0.05, 0) is 68.8 Å². The summed E-state index contributed by atoms with van der Waals surface area (Å²) in [5, 5.41) is 4.34. The number of benzene rings is 1. The van der Waals surface area contributed by atoms with Crippen LogP contribution in [0.3, 0.4) is 0 Å². The average Bonchev–Trinajstić information content (AvgIpc) is 3.01. The number of aryl methyl sites for hydroxylation is 2. The van der Waals surface area contributed by atoms with Crippen molar-refractivity contribution in [2.75, 3.05) is 18.9 Å². The molecule has 32 heavy (non-hydrogen) atoms. The van der Waals surface area contributed by atoms with Crippen LogP contribution >= 0.6 is 23.2 Å². The number of halogens is 2. The van der Waals surface area contributed by atoms with Gasteiger partial charge in [-0.3, -0.25) is 9.13 Å². The van der Waals surface area contributed by atoms with Crippen LogP contribution in [0.25, 0.3) is 11.2 Å². The lowest BCUT2D eigenvalue weighted by atomic mass is 9.91. The summed E-state index contributed by atoms with van der Waals surface area (Å²) in [6.07, 6.45) is 6.28. The van der Waals surface area contributed by atoms with Gasteiger partial charge in [-0.15, -0.1) is 0 Å². The van der Waals surface area contributed by atoms with Crippen molar-refractivity contribution in [3.05, 3.63) is 44.7 Å². The molecule has 0 bridgehead atoms. The molecule has 1 fully saturated rings. The highest BCUT2D eigenvalue weighted by Gasteiger charge is 2.26. The van der Waals surface area contributed by atoms with E-state index in [2.05, 4.69) is 15.3 Å². The Morgan fingerprint density at radius 3 is 2.75 bits per heavy atom. The fourth-order valence-corrected chi connectivity index (χ4v) is 4.72. The first-order valence-electron chi connectivity index (χ1n) is 10.9. The van der Waals surface area contributed by atoms with E-state index in [0.717, 1.165) is 44.2 Å². The highest BCUT2D eigenvalue weighted by atomic mass is 35.5. The first-order chi connectivity index (χ1) is 15.3. The molecular weight excluding hydrogens is 451 g/mol. The molecular formula is C22H28Cl2N6O2. The minimum Gasteiger partial charge on any atom is -0.492 e. The predicted octanol–water partition coefficient (Wildman–Crippen LogP) is 3.87. The van der Waals surface area contributed by atoms with Gasteiger partial charge in [0.2, 0.25) is 5.28 Å². The Morgan fingerprint density at radius 1 is 1.25 bits per heavy atom. The number of hydrogen-bond acceptors (Lipinski definition) is 6. The van der Waals surface area contributed by atoms with E-state index in [1.165, 1.54) is 0 Å². The molecule has 0 saturated heterocycles. The molecule has 172 valence electrons.